The molecule has 0 aliphatic carbocycles. The fourth-order valence-electron chi connectivity index (χ4n) is 4.60. The van der Waals surface area contributed by atoms with Gasteiger partial charge in [0, 0.05) is 55.3 Å². The topological polar surface area (TPSA) is 60.2 Å². The van der Waals surface area contributed by atoms with Crippen molar-refractivity contribution in [3.05, 3.63) is 107 Å². The number of hydrogen-bond donors (Lipinski definition) is 0. The van der Waals surface area contributed by atoms with Gasteiger partial charge in [-0.05, 0) is 62.6 Å². The van der Waals surface area contributed by atoms with Gasteiger partial charge in [-0.3, -0.25) is 4.79 Å². The smallest absolute Gasteiger partial charge is 0.253 e. The third-order valence-corrected chi connectivity index (χ3v) is 6.57. The second-order valence-corrected chi connectivity index (χ2v) is 9.21. The highest BCUT2D eigenvalue weighted by Crippen LogP contribution is 2.29. The van der Waals surface area contributed by atoms with Crippen molar-refractivity contribution in [2.75, 3.05) is 13.1 Å². The number of imidazole rings is 1. The summed E-state index contributed by atoms with van der Waals surface area (Å²) in [5.74, 6) is 2.57. The minimum absolute atomic E-state index is 0.0750. The molecular formula is C29H30N4O2. The molecule has 2 aromatic carbocycles. The van der Waals surface area contributed by atoms with Crippen molar-refractivity contribution in [3.63, 3.8) is 0 Å². The van der Waals surface area contributed by atoms with Crippen LogP contribution in [0.4, 0.5) is 0 Å². The first-order valence-electron chi connectivity index (χ1n) is 12.1. The first kappa shape index (κ1) is 22.8. The molecule has 1 amide bonds. The number of piperidine rings is 1. The maximum absolute atomic E-state index is 13.4. The molecule has 0 radical (unpaired) electrons. The molecule has 1 saturated heterocycles. The van der Waals surface area contributed by atoms with Crippen molar-refractivity contribution in [2.24, 2.45) is 0 Å². The fraction of sp³-hybridized carbons (Fsp3) is 0.276. The number of carbonyl (C=O) groups is 1. The average molecular weight is 467 g/mol. The molecule has 1 aliphatic rings. The molecule has 2 aromatic heterocycles. The number of rotatable bonds is 6. The highest BCUT2D eigenvalue weighted by molar-refractivity contribution is 5.94. The third-order valence-electron chi connectivity index (χ3n) is 6.57. The van der Waals surface area contributed by atoms with Crippen LogP contribution in [0.25, 0.3) is 0 Å². The Morgan fingerprint density at radius 1 is 1.06 bits per heavy atom. The fourth-order valence-corrected chi connectivity index (χ4v) is 4.60. The van der Waals surface area contributed by atoms with Crippen LogP contribution >= 0.6 is 0 Å². The van der Waals surface area contributed by atoms with Gasteiger partial charge in [-0.15, -0.1) is 0 Å². The van der Waals surface area contributed by atoms with Crippen LogP contribution in [-0.2, 0) is 6.54 Å². The van der Waals surface area contributed by atoms with Gasteiger partial charge in [0.25, 0.3) is 5.91 Å². The molecule has 6 nitrogen and oxygen atoms in total. The lowest BCUT2D eigenvalue weighted by molar-refractivity contribution is 0.0705. The SMILES string of the molecule is Cc1ccc(Oc2cccc(C3CCCN(C(=O)c4cccc(Cn5ccnc5C)c4)C3)n2)cc1. The van der Waals surface area contributed by atoms with E-state index >= 15 is 0 Å². The zero-order chi connectivity index (χ0) is 24.2. The highest BCUT2D eigenvalue weighted by atomic mass is 16.5. The van der Waals surface area contributed by atoms with Crippen LogP contribution < -0.4 is 4.74 Å². The van der Waals surface area contributed by atoms with Crippen LogP contribution in [0.5, 0.6) is 11.6 Å². The van der Waals surface area contributed by atoms with E-state index in [0.717, 1.165) is 47.8 Å². The molecule has 1 fully saturated rings. The minimum Gasteiger partial charge on any atom is -0.439 e. The number of ether oxygens (including phenoxy) is 1. The Kier molecular flexibility index (Phi) is 6.62. The summed E-state index contributed by atoms with van der Waals surface area (Å²) in [6.45, 7) is 6.16. The summed E-state index contributed by atoms with van der Waals surface area (Å²) in [6, 6.07) is 21.8. The minimum atomic E-state index is 0.0750. The van der Waals surface area contributed by atoms with Crippen LogP contribution in [0.3, 0.4) is 0 Å². The van der Waals surface area contributed by atoms with E-state index in [1.54, 1.807) is 6.20 Å². The number of pyridine rings is 1. The molecule has 5 rings (SSSR count). The largest absolute Gasteiger partial charge is 0.439 e. The highest BCUT2D eigenvalue weighted by Gasteiger charge is 2.26. The third kappa shape index (κ3) is 5.43. The molecule has 0 N–H and O–H groups in total. The van der Waals surface area contributed by atoms with Crippen molar-refractivity contribution in [1.29, 1.82) is 0 Å². The maximum Gasteiger partial charge on any atom is 0.253 e. The van der Waals surface area contributed by atoms with E-state index in [1.807, 2.05) is 78.7 Å². The standard InChI is InChI=1S/C29H30N4O2/c1-21-11-13-26(14-12-21)35-28-10-4-9-27(31-28)25-8-5-16-33(20-25)29(34)24-7-3-6-23(18-24)19-32-17-15-30-22(32)2/h3-4,6-7,9-15,17-18,25H,5,8,16,19-20H2,1-2H3. The molecule has 6 heteroatoms. The van der Waals surface area contributed by atoms with Crippen LogP contribution in [0.15, 0.2) is 79.1 Å². The maximum atomic E-state index is 13.4. The molecule has 0 spiro atoms. The Morgan fingerprint density at radius 3 is 2.69 bits per heavy atom. The normalized spacial score (nSPS) is 15.7. The molecular weight excluding hydrogens is 436 g/mol. The zero-order valence-electron chi connectivity index (χ0n) is 20.2. The Labute approximate surface area is 206 Å². The number of benzene rings is 2. The predicted molar refractivity (Wildman–Crippen MR) is 136 cm³/mol. The number of nitrogens with zero attached hydrogens (tertiary/aromatic N) is 4. The number of aryl methyl sites for hydroxylation is 2. The number of amides is 1. The Morgan fingerprint density at radius 2 is 1.89 bits per heavy atom. The van der Waals surface area contributed by atoms with Crippen LogP contribution in [0, 0.1) is 13.8 Å². The summed E-state index contributed by atoms with van der Waals surface area (Å²) in [4.78, 5) is 24.4. The molecule has 0 bridgehead atoms. The number of hydrogen-bond acceptors (Lipinski definition) is 4. The van der Waals surface area contributed by atoms with Gasteiger partial charge in [0.1, 0.15) is 11.6 Å². The molecule has 1 atom stereocenters. The second-order valence-electron chi connectivity index (χ2n) is 9.21. The monoisotopic (exact) mass is 466 g/mol. The first-order chi connectivity index (χ1) is 17.0. The van der Waals surface area contributed by atoms with Gasteiger partial charge in [0.05, 0.1) is 0 Å². The zero-order valence-corrected chi connectivity index (χ0v) is 20.2. The van der Waals surface area contributed by atoms with E-state index in [9.17, 15) is 4.79 Å². The van der Waals surface area contributed by atoms with E-state index < -0.39 is 0 Å². The van der Waals surface area contributed by atoms with Crippen molar-refractivity contribution in [1.82, 2.24) is 19.4 Å². The number of aromatic nitrogens is 3. The van der Waals surface area contributed by atoms with Crippen LogP contribution in [0.2, 0.25) is 0 Å². The lowest BCUT2D eigenvalue weighted by Gasteiger charge is -2.32. The quantitative estimate of drug-likeness (QED) is 0.363. The Balaban J connectivity index is 1.28. The molecule has 1 unspecified atom stereocenters. The first-order valence-corrected chi connectivity index (χ1v) is 12.1. The van der Waals surface area contributed by atoms with Gasteiger partial charge in [-0.1, -0.05) is 35.9 Å². The van der Waals surface area contributed by atoms with Crippen molar-refractivity contribution in [3.8, 4) is 11.6 Å². The van der Waals surface area contributed by atoms with Gasteiger partial charge in [-0.2, -0.15) is 0 Å². The summed E-state index contributed by atoms with van der Waals surface area (Å²) in [7, 11) is 0. The summed E-state index contributed by atoms with van der Waals surface area (Å²) >= 11 is 0. The van der Waals surface area contributed by atoms with Crippen molar-refractivity contribution >= 4 is 5.91 Å². The van der Waals surface area contributed by atoms with Gasteiger partial charge in [0.15, 0.2) is 0 Å². The molecule has 35 heavy (non-hydrogen) atoms. The Hall–Kier alpha value is -3.93. The average Bonchev–Trinajstić information content (AvgIpc) is 3.29. The van der Waals surface area contributed by atoms with E-state index in [1.165, 1.54) is 5.56 Å². The lowest BCUT2D eigenvalue weighted by atomic mass is 9.93. The number of carbonyl (C=O) groups excluding carboxylic acids is 1. The lowest BCUT2D eigenvalue weighted by Crippen LogP contribution is -2.39. The molecule has 0 saturated carbocycles. The predicted octanol–water partition coefficient (Wildman–Crippen LogP) is 5.76. The van der Waals surface area contributed by atoms with Gasteiger partial charge in [-0.25, -0.2) is 9.97 Å². The van der Waals surface area contributed by atoms with Crippen LogP contribution in [0.1, 0.15) is 51.8 Å². The van der Waals surface area contributed by atoms with E-state index in [0.29, 0.717) is 19.0 Å². The Bertz CT molecular complexity index is 1310. The van der Waals surface area contributed by atoms with Crippen LogP contribution in [-0.4, -0.2) is 38.4 Å². The molecule has 178 valence electrons. The number of likely N-dealkylation sites (tertiary alicyclic amines) is 1. The van der Waals surface area contributed by atoms with E-state index in [4.69, 9.17) is 9.72 Å². The van der Waals surface area contributed by atoms with Gasteiger partial charge < -0.3 is 14.2 Å². The van der Waals surface area contributed by atoms with E-state index in [-0.39, 0.29) is 11.8 Å². The van der Waals surface area contributed by atoms with Gasteiger partial charge >= 0.3 is 0 Å². The molecule has 3 heterocycles. The van der Waals surface area contributed by atoms with E-state index in [2.05, 4.69) is 22.5 Å². The van der Waals surface area contributed by atoms with Gasteiger partial charge in [0.2, 0.25) is 5.88 Å². The molecule has 1 aliphatic heterocycles. The summed E-state index contributed by atoms with van der Waals surface area (Å²) in [5, 5.41) is 0. The summed E-state index contributed by atoms with van der Waals surface area (Å²) in [6.07, 6.45) is 5.72. The summed E-state index contributed by atoms with van der Waals surface area (Å²) in [5.41, 5.74) is 3.98. The summed E-state index contributed by atoms with van der Waals surface area (Å²) < 4.78 is 8.06. The second kappa shape index (κ2) is 10.1. The van der Waals surface area contributed by atoms with Crippen molar-refractivity contribution in [2.45, 2.75) is 39.2 Å². The molecule has 4 aromatic rings. The van der Waals surface area contributed by atoms with Crippen molar-refractivity contribution < 1.29 is 9.53 Å².